The molecule has 0 fully saturated rings. The summed E-state index contributed by atoms with van der Waals surface area (Å²) in [5, 5.41) is 2.55. The fraction of sp³-hybridized carbons (Fsp3) is 0.385. The van der Waals surface area contributed by atoms with Crippen LogP contribution >= 0.6 is 12.2 Å². The Morgan fingerprint density at radius 2 is 1.95 bits per heavy atom. The van der Waals surface area contributed by atoms with E-state index in [-0.39, 0.29) is 16.6 Å². The number of amides is 1. The Morgan fingerprint density at radius 3 is 2.38 bits per heavy atom. The van der Waals surface area contributed by atoms with E-state index in [0.717, 1.165) is 18.6 Å². The predicted octanol–water partition coefficient (Wildman–Crippen LogP) is 3.23. The van der Waals surface area contributed by atoms with Crippen molar-refractivity contribution in [2.24, 2.45) is 11.7 Å². The van der Waals surface area contributed by atoms with E-state index in [1.54, 1.807) is 0 Å². The molecule has 1 aromatic carbocycles. The van der Waals surface area contributed by atoms with Crippen LogP contribution in [-0.2, 0) is 4.79 Å². The third kappa shape index (κ3) is 5.99. The van der Waals surface area contributed by atoms with Gasteiger partial charge in [-0.05, 0) is 30.7 Å². The molecular formula is C13H15F3N2O2S. The number of hydrogen-bond donors (Lipinski definition) is 2. The van der Waals surface area contributed by atoms with Crippen molar-refractivity contribution in [2.45, 2.75) is 26.1 Å². The fourth-order valence-corrected chi connectivity index (χ4v) is 1.89. The molecule has 0 aliphatic rings. The Hall–Kier alpha value is -1.83. The predicted molar refractivity (Wildman–Crippen MR) is 76.9 cm³/mol. The molecule has 21 heavy (non-hydrogen) atoms. The van der Waals surface area contributed by atoms with Crippen LogP contribution in [0.15, 0.2) is 24.3 Å². The van der Waals surface area contributed by atoms with E-state index in [4.69, 9.17) is 18.0 Å². The van der Waals surface area contributed by atoms with Crippen molar-refractivity contribution < 1.29 is 22.7 Å². The number of rotatable bonds is 6. The zero-order chi connectivity index (χ0) is 16.0. The van der Waals surface area contributed by atoms with Gasteiger partial charge in [-0.2, -0.15) is 0 Å². The van der Waals surface area contributed by atoms with Crippen molar-refractivity contribution in [3.8, 4) is 5.75 Å². The van der Waals surface area contributed by atoms with Crippen molar-refractivity contribution in [1.29, 1.82) is 0 Å². The fourth-order valence-electron chi connectivity index (χ4n) is 1.66. The highest BCUT2D eigenvalue weighted by molar-refractivity contribution is 7.80. The van der Waals surface area contributed by atoms with Crippen molar-refractivity contribution in [3.63, 3.8) is 0 Å². The molecule has 3 N–H and O–H groups in total. The maximum atomic E-state index is 12.0. The van der Waals surface area contributed by atoms with Crippen LogP contribution in [0.2, 0.25) is 0 Å². The van der Waals surface area contributed by atoms with Gasteiger partial charge in [-0.1, -0.05) is 25.6 Å². The smallest absolute Gasteiger partial charge is 0.406 e. The Kier molecular flexibility index (Phi) is 5.95. The zero-order valence-electron chi connectivity index (χ0n) is 11.2. The van der Waals surface area contributed by atoms with E-state index < -0.39 is 12.3 Å². The van der Waals surface area contributed by atoms with E-state index in [2.05, 4.69) is 10.1 Å². The molecule has 0 spiro atoms. The third-order valence-electron chi connectivity index (χ3n) is 2.59. The van der Waals surface area contributed by atoms with Crippen molar-refractivity contribution >= 4 is 28.8 Å². The standard InChI is InChI=1S/C13H15F3N2O2S/c1-2-3-10(11(17)21)12(19)18-8-4-6-9(7-5-8)20-13(14,15)16/h4-7,10H,2-3H2,1H3,(H2,17,21)(H,18,19). The molecule has 0 aromatic heterocycles. The minimum absolute atomic E-state index is 0.0892. The molecule has 1 atom stereocenters. The summed E-state index contributed by atoms with van der Waals surface area (Å²) >= 11 is 4.83. The van der Waals surface area contributed by atoms with Crippen LogP contribution in [0.3, 0.4) is 0 Å². The maximum Gasteiger partial charge on any atom is 0.573 e. The second-order valence-corrected chi connectivity index (χ2v) is 4.78. The van der Waals surface area contributed by atoms with Crippen molar-refractivity contribution in [3.05, 3.63) is 24.3 Å². The lowest BCUT2D eigenvalue weighted by Crippen LogP contribution is -2.33. The summed E-state index contributed by atoms with van der Waals surface area (Å²) in [6, 6.07) is 4.83. The van der Waals surface area contributed by atoms with Crippen LogP contribution in [0.1, 0.15) is 19.8 Å². The van der Waals surface area contributed by atoms with Gasteiger partial charge < -0.3 is 15.8 Å². The third-order valence-corrected chi connectivity index (χ3v) is 2.88. The van der Waals surface area contributed by atoms with E-state index in [1.807, 2.05) is 6.92 Å². The number of nitrogens with two attached hydrogens (primary N) is 1. The van der Waals surface area contributed by atoms with Crippen LogP contribution in [0.4, 0.5) is 18.9 Å². The van der Waals surface area contributed by atoms with Gasteiger partial charge in [0.15, 0.2) is 0 Å². The van der Waals surface area contributed by atoms with Crippen LogP contribution < -0.4 is 15.8 Å². The number of benzene rings is 1. The van der Waals surface area contributed by atoms with Crippen molar-refractivity contribution in [2.75, 3.05) is 5.32 Å². The van der Waals surface area contributed by atoms with Gasteiger partial charge in [-0.3, -0.25) is 4.79 Å². The molecular weight excluding hydrogens is 305 g/mol. The Morgan fingerprint density at radius 1 is 1.38 bits per heavy atom. The Bertz CT molecular complexity index is 503. The summed E-state index contributed by atoms with van der Waals surface area (Å²) in [6.07, 6.45) is -3.51. The normalized spacial score (nSPS) is 12.6. The second-order valence-electron chi connectivity index (χ2n) is 4.31. The minimum Gasteiger partial charge on any atom is -0.406 e. The number of anilines is 1. The first kappa shape index (κ1) is 17.2. The first-order chi connectivity index (χ1) is 9.73. The number of halogens is 3. The molecule has 1 aromatic rings. The number of carbonyl (C=O) groups excluding carboxylic acids is 1. The highest BCUT2D eigenvalue weighted by atomic mass is 32.1. The number of thiocarbonyl (C=S) groups is 1. The van der Waals surface area contributed by atoms with E-state index in [0.29, 0.717) is 12.1 Å². The molecule has 0 saturated carbocycles. The van der Waals surface area contributed by atoms with Gasteiger partial charge in [0.2, 0.25) is 5.91 Å². The van der Waals surface area contributed by atoms with E-state index in [9.17, 15) is 18.0 Å². The van der Waals surface area contributed by atoms with Gasteiger partial charge in [0.05, 0.1) is 10.9 Å². The highest BCUT2D eigenvalue weighted by Crippen LogP contribution is 2.24. The molecule has 4 nitrogen and oxygen atoms in total. The van der Waals surface area contributed by atoms with Crippen molar-refractivity contribution in [1.82, 2.24) is 0 Å². The largest absolute Gasteiger partial charge is 0.573 e. The lowest BCUT2D eigenvalue weighted by molar-refractivity contribution is -0.274. The first-order valence-electron chi connectivity index (χ1n) is 6.19. The molecule has 1 rings (SSSR count). The molecule has 0 aliphatic carbocycles. The molecule has 1 amide bonds. The highest BCUT2D eigenvalue weighted by Gasteiger charge is 2.31. The summed E-state index contributed by atoms with van der Waals surface area (Å²) in [5.74, 6) is -1.34. The van der Waals surface area contributed by atoms with Crippen LogP contribution in [0, 0.1) is 5.92 Å². The van der Waals surface area contributed by atoms with Gasteiger partial charge in [0.1, 0.15) is 5.75 Å². The molecule has 0 saturated heterocycles. The second kappa shape index (κ2) is 7.26. The lowest BCUT2D eigenvalue weighted by atomic mass is 10.0. The van der Waals surface area contributed by atoms with Gasteiger partial charge in [0, 0.05) is 5.69 Å². The molecule has 1 unspecified atom stereocenters. The first-order valence-corrected chi connectivity index (χ1v) is 6.59. The van der Waals surface area contributed by atoms with Gasteiger partial charge in [0.25, 0.3) is 0 Å². The number of nitrogens with one attached hydrogen (secondary N) is 1. The molecule has 116 valence electrons. The summed E-state index contributed by atoms with van der Waals surface area (Å²) in [5.41, 5.74) is 5.84. The molecule has 0 heterocycles. The SMILES string of the molecule is CCCC(C(=O)Nc1ccc(OC(F)(F)F)cc1)C(N)=S. The van der Waals surface area contributed by atoms with E-state index >= 15 is 0 Å². The summed E-state index contributed by atoms with van der Waals surface area (Å²) in [4.78, 5) is 12.1. The van der Waals surface area contributed by atoms with E-state index in [1.165, 1.54) is 12.1 Å². The van der Waals surface area contributed by atoms with Gasteiger partial charge >= 0.3 is 6.36 Å². The molecule has 0 bridgehead atoms. The Balaban J connectivity index is 2.70. The minimum atomic E-state index is -4.75. The maximum absolute atomic E-state index is 12.0. The quantitative estimate of drug-likeness (QED) is 0.790. The summed E-state index contributed by atoms with van der Waals surface area (Å²) < 4.78 is 39.8. The number of alkyl halides is 3. The molecule has 0 aliphatic heterocycles. The zero-order valence-corrected chi connectivity index (χ0v) is 12.1. The monoisotopic (exact) mass is 320 g/mol. The van der Waals surface area contributed by atoms with Crippen LogP contribution in [0.25, 0.3) is 0 Å². The molecule has 8 heteroatoms. The lowest BCUT2D eigenvalue weighted by Gasteiger charge is -2.15. The number of carbonyl (C=O) groups is 1. The average molecular weight is 320 g/mol. The number of ether oxygens (including phenoxy) is 1. The molecule has 0 radical (unpaired) electrons. The van der Waals surface area contributed by atoms with Crippen LogP contribution in [-0.4, -0.2) is 17.3 Å². The van der Waals surface area contributed by atoms with Gasteiger partial charge in [-0.25, -0.2) is 0 Å². The topological polar surface area (TPSA) is 64.3 Å². The average Bonchev–Trinajstić information content (AvgIpc) is 2.36. The van der Waals surface area contributed by atoms with Gasteiger partial charge in [-0.15, -0.1) is 13.2 Å². The Labute approximate surface area is 125 Å². The summed E-state index contributed by atoms with van der Waals surface area (Å²) in [6.45, 7) is 1.89. The summed E-state index contributed by atoms with van der Waals surface area (Å²) in [7, 11) is 0. The number of hydrogen-bond acceptors (Lipinski definition) is 3. The van der Waals surface area contributed by atoms with Crippen LogP contribution in [0.5, 0.6) is 5.75 Å².